The molecule has 0 radical (unpaired) electrons. The second kappa shape index (κ2) is 7.36. The summed E-state index contributed by atoms with van der Waals surface area (Å²) in [4.78, 5) is 21.2. The molecule has 2 aromatic carbocycles. The van der Waals surface area contributed by atoms with E-state index in [2.05, 4.69) is 20.1 Å². The molecule has 1 atom stereocenters. The van der Waals surface area contributed by atoms with E-state index in [1.165, 1.54) is 31.0 Å². The molecule has 2 aliphatic rings. The number of nitrogens with zero attached hydrogens (tertiary/aromatic N) is 3. The first-order valence-electron chi connectivity index (χ1n) is 10.1. The third kappa shape index (κ3) is 3.41. The third-order valence-electron chi connectivity index (χ3n) is 5.96. The maximum absolute atomic E-state index is 14.8. The highest BCUT2D eigenvalue weighted by atomic mass is 19.1. The lowest BCUT2D eigenvalue weighted by molar-refractivity contribution is 0.102. The van der Waals surface area contributed by atoms with Crippen molar-refractivity contribution in [2.24, 2.45) is 0 Å². The molecule has 0 saturated carbocycles. The summed E-state index contributed by atoms with van der Waals surface area (Å²) in [7, 11) is 0. The first-order chi connectivity index (χ1) is 14.5. The summed E-state index contributed by atoms with van der Waals surface area (Å²) in [5.41, 5.74) is 1.20. The smallest absolute Gasteiger partial charge is 0.258 e. The minimum atomic E-state index is -0.644. The summed E-state index contributed by atoms with van der Waals surface area (Å²) in [5, 5.41) is 2.54. The molecule has 8 heteroatoms. The lowest BCUT2D eigenvalue weighted by atomic mass is 10.1. The Morgan fingerprint density at radius 1 is 1.17 bits per heavy atom. The van der Waals surface area contributed by atoms with Gasteiger partial charge in [-0.2, -0.15) is 0 Å². The number of halogens is 2. The monoisotopic (exact) mass is 412 g/mol. The van der Waals surface area contributed by atoms with Gasteiger partial charge in [-0.25, -0.2) is 13.8 Å². The number of carbonyl (C=O) groups is 1. The second-order valence-electron chi connectivity index (χ2n) is 7.93. The Morgan fingerprint density at radius 2 is 2.03 bits per heavy atom. The molecule has 6 nitrogen and oxygen atoms in total. The molecular weight excluding hydrogens is 390 g/mol. The number of hydrogen-bond acceptors (Lipinski definition) is 5. The van der Waals surface area contributed by atoms with Crippen LogP contribution in [0.25, 0.3) is 11.1 Å². The van der Waals surface area contributed by atoms with E-state index < -0.39 is 17.5 Å². The average molecular weight is 412 g/mol. The molecular formula is C22H22F2N4O2. The molecule has 1 aromatic heterocycles. The van der Waals surface area contributed by atoms with E-state index in [0.717, 1.165) is 37.9 Å². The molecule has 156 valence electrons. The second-order valence-corrected chi connectivity index (χ2v) is 7.93. The highest BCUT2D eigenvalue weighted by Crippen LogP contribution is 2.28. The molecule has 2 aliphatic heterocycles. The van der Waals surface area contributed by atoms with Crippen LogP contribution in [0.5, 0.6) is 0 Å². The zero-order chi connectivity index (χ0) is 20.8. The number of oxazole rings is 1. The molecule has 0 unspecified atom stereocenters. The van der Waals surface area contributed by atoms with Crippen LogP contribution in [0.4, 0.5) is 20.2 Å². The number of aryl methyl sites for hydroxylation is 1. The lowest BCUT2D eigenvalue weighted by Gasteiger charge is -2.38. The maximum atomic E-state index is 14.8. The largest absolute Gasteiger partial charge is 0.441 e. The predicted octanol–water partition coefficient (Wildman–Crippen LogP) is 3.95. The van der Waals surface area contributed by atoms with Gasteiger partial charge in [-0.1, -0.05) is 0 Å². The number of rotatable bonds is 3. The first kappa shape index (κ1) is 19.0. The molecule has 30 heavy (non-hydrogen) atoms. The number of amides is 1. The van der Waals surface area contributed by atoms with Gasteiger partial charge in [-0.05, 0) is 43.7 Å². The fourth-order valence-electron chi connectivity index (χ4n) is 4.48. The Bertz CT molecular complexity index is 1130. The summed E-state index contributed by atoms with van der Waals surface area (Å²) in [6, 6.07) is 7.80. The van der Waals surface area contributed by atoms with Crippen molar-refractivity contribution in [2.75, 3.05) is 36.4 Å². The number of aromatic nitrogens is 1. The first-order valence-corrected chi connectivity index (χ1v) is 10.1. The zero-order valence-corrected chi connectivity index (χ0v) is 16.6. The summed E-state index contributed by atoms with van der Waals surface area (Å²) >= 11 is 0. The molecule has 1 amide bonds. The number of hydrogen-bond donors (Lipinski definition) is 1. The molecule has 0 spiro atoms. The van der Waals surface area contributed by atoms with Crippen LogP contribution in [0.2, 0.25) is 0 Å². The minimum absolute atomic E-state index is 0.0903. The van der Waals surface area contributed by atoms with E-state index in [9.17, 15) is 13.6 Å². The van der Waals surface area contributed by atoms with Gasteiger partial charge >= 0.3 is 0 Å². The Kier molecular flexibility index (Phi) is 4.66. The fraction of sp³-hybridized carbons (Fsp3) is 0.364. The van der Waals surface area contributed by atoms with Gasteiger partial charge in [0.25, 0.3) is 5.91 Å². The summed E-state index contributed by atoms with van der Waals surface area (Å²) in [6.07, 6.45) is 2.39. The molecule has 1 N–H and O–H groups in total. The van der Waals surface area contributed by atoms with Crippen LogP contribution < -0.4 is 10.2 Å². The van der Waals surface area contributed by atoms with Crippen molar-refractivity contribution in [2.45, 2.75) is 25.8 Å². The minimum Gasteiger partial charge on any atom is -0.441 e. The molecule has 0 bridgehead atoms. The van der Waals surface area contributed by atoms with Crippen LogP contribution in [0.1, 0.15) is 29.1 Å². The van der Waals surface area contributed by atoms with Crippen LogP contribution >= 0.6 is 0 Å². The van der Waals surface area contributed by atoms with Crippen molar-refractivity contribution < 1.29 is 18.0 Å². The van der Waals surface area contributed by atoms with Gasteiger partial charge in [0.15, 0.2) is 17.3 Å². The van der Waals surface area contributed by atoms with Gasteiger partial charge in [-0.3, -0.25) is 9.69 Å². The highest BCUT2D eigenvalue weighted by Gasteiger charge is 2.31. The lowest BCUT2D eigenvalue weighted by Crippen LogP contribution is -2.50. The van der Waals surface area contributed by atoms with Crippen LogP contribution in [-0.2, 0) is 0 Å². The van der Waals surface area contributed by atoms with E-state index in [4.69, 9.17) is 4.42 Å². The summed E-state index contributed by atoms with van der Waals surface area (Å²) in [6.45, 7) is 5.45. The number of anilines is 2. The zero-order valence-electron chi connectivity index (χ0n) is 16.6. The number of piperazine rings is 1. The Balaban J connectivity index is 1.33. The Hall–Kier alpha value is -3.00. The summed E-state index contributed by atoms with van der Waals surface area (Å²) in [5.74, 6) is -1.53. The van der Waals surface area contributed by atoms with Gasteiger partial charge < -0.3 is 14.6 Å². The van der Waals surface area contributed by atoms with Gasteiger partial charge in [0.2, 0.25) is 0 Å². The molecule has 0 aliphatic carbocycles. The molecule has 2 saturated heterocycles. The van der Waals surface area contributed by atoms with Crippen molar-refractivity contribution in [3.8, 4) is 0 Å². The molecule has 5 rings (SSSR count). The number of benzene rings is 2. The quantitative estimate of drug-likeness (QED) is 0.706. The van der Waals surface area contributed by atoms with Crippen LogP contribution in [0, 0.1) is 18.6 Å². The Morgan fingerprint density at radius 3 is 2.87 bits per heavy atom. The molecule has 3 aromatic rings. The normalized spacial score (nSPS) is 19.3. The number of carbonyl (C=O) groups excluding carboxylic acids is 1. The van der Waals surface area contributed by atoms with Gasteiger partial charge in [0, 0.05) is 50.0 Å². The SMILES string of the molecule is Cc1nc2c(F)cc(NC(=O)c3ccc(N4CCN5CCC[C@H]5C4)cc3F)cc2o1. The van der Waals surface area contributed by atoms with E-state index in [-0.39, 0.29) is 22.4 Å². The number of nitrogens with one attached hydrogen (secondary N) is 1. The van der Waals surface area contributed by atoms with Crippen molar-refractivity contribution >= 4 is 28.4 Å². The van der Waals surface area contributed by atoms with E-state index in [1.54, 1.807) is 13.0 Å². The number of fused-ring (bicyclic) bond motifs is 2. The van der Waals surface area contributed by atoms with Crippen LogP contribution in [-0.4, -0.2) is 48.0 Å². The molecule has 2 fully saturated rings. The van der Waals surface area contributed by atoms with Gasteiger partial charge in [-0.15, -0.1) is 0 Å². The Labute approximate surface area is 172 Å². The summed E-state index contributed by atoms with van der Waals surface area (Å²) < 4.78 is 34.3. The van der Waals surface area contributed by atoms with Gasteiger partial charge in [0.1, 0.15) is 11.3 Å². The average Bonchev–Trinajstić information content (AvgIpc) is 3.33. The predicted molar refractivity (Wildman–Crippen MR) is 110 cm³/mol. The molecule has 3 heterocycles. The van der Waals surface area contributed by atoms with Crippen molar-refractivity contribution in [3.63, 3.8) is 0 Å². The van der Waals surface area contributed by atoms with Crippen molar-refractivity contribution in [3.05, 3.63) is 53.4 Å². The fourth-order valence-corrected chi connectivity index (χ4v) is 4.48. The van der Waals surface area contributed by atoms with Crippen LogP contribution in [0.3, 0.4) is 0 Å². The van der Waals surface area contributed by atoms with Crippen molar-refractivity contribution in [1.29, 1.82) is 0 Å². The van der Waals surface area contributed by atoms with Crippen LogP contribution in [0.15, 0.2) is 34.7 Å². The standard InChI is InChI=1S/C22H22F2N4O2/c1-13-25-21-19(24)9-14(10-20(21)30-13)26-22(29)17-5-4-15(11-18(17)23)28-8-7-27-6-2-3-16(27)12-28/h4-5,9-11,16H,2-3,6-8,12H2,1H3,(H,26,29)/t16-/m0/s1. The van der Waals surface area contributed by atoms with E-state index in [1.807, 2.05) is 0 Å². The third-order valence-corrected chi connectivity index (χ3v) is 5.96. The maximum Gasteiger partial charge on any atom is 0.258 e. The highest BCUT2D eigenvalue weighted by molar-refractivity contribution is 6.05. The topological polar surface area (TPSA) is 61.6 Å². The van der Waals surface area contributed by atoms with Crippen molar-refractivity contribution in [1.82, 2.24) is 9.88 Å². The van der Waals surface area contributed by atoms with E-state index >= 15 is 0 Å². The van der Waals surface area contributed by atoms with E-state index in [0.29, 0.717) is 11.9 Å². The van der Waals surface area contributed by atoms with Gasteiger partial charge in [0.05, 0.1) is 5.56 Å².